The van der Waals surface area contributed by atoms with E-state index in [1.54, 1.807) is 11.3 Å². The summed E-state index contributed by atoms with van der Waals surface area (Å²) >= 11 is 1.69. The highest BCUT2D eigenvalue weighted by Gasteiger charge is 2.19. The van der Waals surface area contributed by atoms with Crippen LogP contribution in [0.3, 0.4) is 0 Å². The van der Waals surface area contributed by atoms with Gasteiger partial charge in [0.25, 0.3) is 0 Å². The summed E-state index contributed by atoms with van der Waals surface area (Å²) in [5.74, 6) is 0. The smallest absolute Gasteiger partial charge is 0.185 e. The second kappa shape index (κ2) is 4.28. The normalized spacial score (nSPS) is 22.7. The zero-order valence-electron chi connectivity index (χ0n) is 8.44. The van der Waals surface area contributed by atoms with Crippen LogP contribution in [0.5, 0.6) is 0 Å². The van der Waals surface area contributed by atoms with E-state index >= 15 is 0 Å². The maximum atomic E-state index is 9.54. The Kier molecular flexibility index (Phi) is 3.03. The largest absolute Gasteiger partial charge is 0.391 e. The lowest BCUT2D eigenvalue weighted by Gasteiger charge is -2.29. The molecular formula is C10H16N2OS. The summed E-state index contributed by atoms with van der Waals surface area (Å²) in [6, 6.07) is 0. The molecule has 2 heterocycles. The summed E-state index contributed by atoms with van der Waals surface area (Å²) < 4.78 is 0. The Morgan fingerprint density at radius 1 is 1.71 bits per heavy atom. The molecule has 78 valence electrons. The van der Waals surface area contributed by atoms with E-state index in [9.17, 15) is 5.11 Å². The van der Waals surface area contributed by atoms with Gasteiger partial charge in [-0.2, -0.15) is 0 Å². The Morgan fingerprint density at radius 2 is 2.57 bits per heavy atom. The van der Waals surface area contributed by atoms with Gasteiger partial charge in [-0.05, 0) is 19.3 Å². The standard InChI is InChI=1S/C10H16N2OS/c1-2-8-7-14-10(11-8)12-5-3-4-9(13)6-12/h7,9,13H,2-6H2,1H3. The first kappa shape index (κ1) is 9.93. The molecule has 1 aromatic rings. The van der Waals surface area contributed by atoms with Gasteiger partial charge >= 0.3 is 0 Å². The van der Waals surface area contributed by atoms with Gasteiger partial charge in [0.15, 0.2) is 5.13 Å². The molecule has 0 radical (unpaired) electrons. The Hall–Kier alpha value is -0.610. The van der Waals surface area contributed by atoms with Crippen LogP contribution in [0.2, 0.25) is 0 Å². The molecule has 0 aliphatic carbocycles. The second-order valence-electron chi connectivity index (χ2n) is 3.72. The summed E-state index contributed by atoms with van der Waals surface area (Å²) in [5.41, 5.74) is 1.16. The number of aliphatic hydroxyl groups is 1. The van der Waals surface area contributed by atoms with E-state index in [2.05, 4.69) is 22.2 Å². The van der Waals surface area contributed by atoms with E-state index in [4.69, 9.17) is 0 Å². The van der Waals surface area contributed by atoms with Crippen molar-refractivity contribution in [2.75, 3.05) is 18.0 Å². The first-order valence-electron chi connectivity index (χ1n) is 5.17. The molecule has 1 aromatic heterocycles. The highest BCUT2D eigenvalue weighted by atomic mass is 32.1. The van der Waals surface area contributed by atoms with Gasteiger partial charge in [0.05, 0.1) is 11.8 Å². The zero-order valence-corrected chi connectivity index (χ0v) is 9.26. The van der Waals surface area contributed by atoms with Crippen LogP contribution in [0, 0.1) is 0 Å². The number of anilines is 1. The quantitative estimate of drug-likeness (QED) is 0.810. The Morgan fingerprint density at radius 3 is 3.21 bits per heavy atom. The number of aliphatic hydroxyl groups excluding tert-OH is 1. The third-order valence-electron chi connectivity index (χ3n) is 2.57. The van der Waals surface area contributed by atoms with Crippen LogP contribution in [-0.2, 0) is 6.42 Å². The Bertz CT molecular complexity index is 300. The van der Waals surface area contributed by atoms with Crippen molar-refractivity contribution in [1.82, 2.24) is 4.98 Å². The number of nitrogens with zero attached hydrogens (tertiary/aromatic N) is 2. The number of aryl methyl sites for hydroxylation is 1. The van der Waals surface area contributed by atoms with Gasteiger partial charge in [-0.1, -0.05) is 6.92 Å². The van der Waals surface area contributed by atoms with E-state index < -0.39 is 0 Å². The van der Waals surface area contributed by atoms with Crippen LogP contribution in [-0.4, -0.2) is 29.3 Å². The van der Waals surface area contributed by atoms with Crippen molar-refractivity contribution >= 4 is 16.5 Å². The van der Waals surface area contributed by atoms with Gasteiger partial charge in [-0.3, -0.25) is 0 Å². The highest BCUT2D eigenvalue weighted by Crippen LogP contribution is 2.24. The van der Waals surface area contributed by atoms with Crippen LogP contribution in [0.25, 0.3) is 0 Å². The SMILES string of the molecule is CCc1csc(N2CCCC(O)C2)n1. The monoisotopic (exact) mass is 212 g/mol. The molecular weight excluding hydrogens is 196 g/mol. The lowest BCUT2D eigenvalue weighted by atomic mass is 10.1. The number of hydrogen-bond donors (Lipinski definition) is 1. The maximum absolute atomic E-state index is 9.54. The summed E-state index contributed by atoms with van der Waals surface area (Å²) in [5, 5.41) is 12.7. The molecule has 4 heteroatoms. The number of thiazole rings is 1. The third-order valence-corrected chi connectivity index (χ3v) is 3.52. The van der Waals surface area contributed by atoms with Crippen molar-refractivity contribution in [3.63, 3.8) is 0 Å². The molecule has 0 bridgehead atoms. The molecule has 1 atom stereocenters. The van der Waals surface area contributed by atoms with Gasteiger partial charge in [-0.15, -0.1) is 11.3 Å². The van der Waals surface area contributed by atoms with E-state index in [1.807, 2.05) is 0 Å². The topological polar surface area (TPSA) is 36.4 Å². The fourth-order valence-electron chi connectivity index (χ4n) is 1.73. The molecule has 1 aliphatic rings. The Labute approximate surface area is 88.4 Å². The lowest BCUT2D eigenvalue weighted by molar-refractivity contribution is 0.154. The van der Waals surface area contributed by atoms with E-state index in [1.165, 1.54) is 0 Å². The molecule has 2 rings (SSSR count). The molecule has 0 saturated carbocycles. The first-order valence-corrected chi connectivity index (χ1v) is 6.05. The third kappa shape index (κ3) is 2.07. The molecule has 0 spiro atoms. The van der Waals surface area contributed by atoms with Crippen molar-refractivity contribution in [2.24, 2.45) is 0 Å². The van der Waals surface area contributed by atoms with Crippen LogP contribution in [0.15, 0.2) is 5.38 Å². The van der Waals surface area contributed by atoms with Crippen molar-refractivity contribution in [3.05, 3.63) is 11.1 Å². The molecule has 3 nitrogen and oxygen atoms in total. The van der Waals surface area contributed by atoms with Crippen LogP contribution in [0.4, 0.5) is 5.13 Å². The molecule has 1 N–H and O–H groups in total. The molecule has 0 aromatic carbocycles. The van der Waals surface area contributed by atoms with Crippen molar-refractivity contribution in [3.8, 4) is 0 Å². The van der Waals surface area contributed by atoms with E-state index in [-0.39, 0.29) is 6.10 Å². The number of β-amino-alcohol motifs (C(OH)–C–C–N with tert-alkyl or cyclic N) is 1. The van der Waals surface area contributed by atoms with Gasteiger partial charge in [0.2, 0.25) is 0 Å². The number of piperidine rings is 1. The fraction of sp³-hybridized carbons (Fsp3) is 0.700. The van der Waals surface area contributed by atoms with Crippen LogP contribution in [0.1, 0.15) is 25.5 Å². The van der Waals surface area contributed by atoms with Crippen molar-refractivity contribution < 1.29 is 5.11 Å². The van der Waals surface area contributed by atoms with Gasteiger partial charge in [0, 0.05) is 18.5 Å². The molecule has 1 saturated heterocycles. The van der Waals surface area contributed by atoms with Crippen molar-refractivity contribution in [2.45, 2.75) is 32.3 Å². The molecule has 0 amide bonds. The van der Waals surface area contributed by atoms with Crippen LogP contribution >= 0.6 is 11.3 Å². The second-order valence-corrected chi connectivity index (χ2v) is 4.55. The minimum atomic E-state index is -0.169. The summed E-state index contributed by atoms with van der Waals surface area (Å²) in [7, 11) is 0. The highest BCUT2D eigenvalue weighted by molar-refractivity contribution is 7.13. The average molecular weight is 212 g/mol. The van der Waals surface area contributed by atoms with E-state index in [0.29, 0.717) is 0 Å². The summed E-state index contributed by atoms with van der Waals surface area (Å²) in [6.07, 6.45) is 2.83. The predicted molar refractivity (Wildman–Crippen MR) is 58.9 cm³/mol. The van der Waals surface area contributed by atoms with Gasteiger partial charge in [0.1, 0.15) is 0 Å². The minimum Gasteiger partial charge on any atom is -0.391 e. The fourth-order valence-corrected chi connectivity index (χ4v) is 2.68. The molecule has 1 fully saturated rings. The molecule has 1 aliphatic heterocycles. The Balaban J connectivity index is 2.06. The number of rotatable bonds is 2. The molecule has 1 unspecified atom stereocenters. The number of aromatic nitrogens is 1. The summed E-state index contributed by atoms with van der Waals surface area (Å²) in [6.45, 7) is 3.90. The predicted octanol–water partition coefficient (Wildman–Crippen LogP) is 1.67. The van der Waals surface area contributed by atoms with Crippen LogP contribution < -0.4 is 4.90 Å². The minimum absolute atomic E-state index is 0.169. The summed E-state index contributed by atoms with van der Waals surface area (Å²) in [4.78, 5) is 6.71. The first-order chi connectivity index (χ1) is 6.79. The van der Waals surface area contributed by atoms with Crippen molar-refractivity contribution in [1.29, 1.82) is 0 Å². The van der Waals surface area contributed by atoms with Gasteiger partial charge < -0.3 is 10.0 Å². The van der Waals surface area contributed by atoms with Gasteiger partial charge in [-0.25, -0.2) is 4.98 Å². The average Bonchev–Trinajstić information content (AvgIpc) is 2.66. The zero-order chi connectivity index (χ0) is 9.97. The molecule has 14 heavy (non-hydrogen) atoms. The lowest BCUT2D eigenvalue weighted by Crippen LogP contribution is -2.38. The number of hydrogen-bond acceptors (Lipinski definition) is 4. The maximum Gasteiger partial charge on any atom is 0.185 e. The van der Waals surface area contributed by atoms with E-state index in [0.717, 1.165) is 43.2 Å².